The number of nitrogens with zero attached hydrogens (tertiary/aromatic N) is 1. The third kappa shape index (κ3) is 3.15. The first kappa shape index (κ1) is 14.5. The van der Waals surface area contributed by atoms with E-state index in [1.54, 1.807) is 12.1 Å². The summed E-state index contributed by atoms with van der Waals surface area (Å²) in [5.74, 6) is 0.810. The molecule has 0 heterocycles. The monoisotopic (exact) mass is 276 g/mol. The van der Waals surface area contributed by atoms with Crippen LogP contribution in [0.15, 0.2) is 24.3 Å². The summed E-state index contributed by atoms with van der Waals surface area (Å²) in [5, 5.41) is 13.8. The van der Waals surface area contributed by atoms with Gasteiger partial charge in [0, 0.05) is 23.7 Å². The van der Waals surface area contributed by atoms with Gasteiger partial charge in [-0.25, -0.2) is 0 Å². The Bertz CT molecular complexity index is 516. The number of nitro groups is 1. The van der Waals surface area contributed by atoms with Crippen LogP contribution in [0.2, 0.25) is 0 Å². The van der Waals surface area contributed by atoms with Crippen molar-refractivity contribution in [3.8, 4) is 0 Å². The van der Waals surface area contributed by atoms with Crippen LogP contribution in [0, 0.1) is 22.0 Å². The van der Waals surface area contributed by atoms with Crippen molar-refractivity contribution in [2.45, 2.75) is 39.2 Å². The summed E-state index contributed by atoms with van der Waals surface area (Å²) >= 11 is 0. The summed E-state index contributed by atoms with van der Waals surface area (Å²) in [7, 11) is 0. The van der Waals surface area contributed by atoms with Crippen LogP contribution >= 0.6 is 0 Å². The number of carbonyl (C=O) groups is 1. The molecular formula is C15H20N2O3. The molecule has 108 valence electrons. The SMILES string of the molecule is C[C@@H]1[C@H](C)CCC[C@H]1NC(=O)c1cccc([N+](=O)[O-])c1. The molecule has 1 aliphatic rings. The molecule has 1 aliphatic carbocycles. The molecule has 1 saturated carbocycles. The quantitative estimate of drug-likeness (QED) is 0.681. The number of hydrogen-bond donors (Lipinski definition) is 1. The van der Waals surface area contributed by atoms with E-state index in [1.807, 2.05) is 0 Å². The average molecular weight is 276 g/mol. The van der Waals surface area contributed by atoms with Gasteiger partial charge in [0.2, 0.25) is 0 Å². The van der Waals surface area contributed by atoms with Gasteiger partial charge in [0.05, 0.1) is 4.92 Å². The van der Waals surface area contributed by atoms with E-state index in [0.29, 0.717) is 17.4 Å². The molecule has 0 aromatic heterocycles. The molecule has 0 saturated heterocycles. The maximum absolute atomic E-state index is 12.2. The van der Waals surface area contributed by atoms with Gasteiger partial charge in [0.15, 0.2) is 0 Å². The molecule has 1 N–H and O–H groups in total. The van der Waals surface area contributed by atoms with E-state index in [1.165, 1.54) is 18.6 Å². The van der Waals surface area contributed by atoms with Crippen LogP contribution < -0.4 is 5.32 Å². The lowest BCUT2D eigenvalue weighted by molar-refractivity contribution is -0.384. The fraction of sp³-hybridized carbons (Fsp3) is 0.533. The first-order chi connectivity index (χ1) is 9.49. The molecule has 0 aliphatic heterocycles. The van der Waals surface area contributed by atoms with Crippen molar-refractivity contribution < 1.29 is 9.72 Å². The maximum atomic E-state index is 12.2. The molecule has 5 heteroatoms. The second-order valence-corrected chi connectivity index (χ2v) is 5.65. The van der Waals surface area contributed by atoms with Crippen LogP contribution in [0.4, 0.5) is 5.69 Å². The van der Waals surface area contributed by atoms with Gasteiger partial charge in [-0.05, 0) is 24.3 Å². The minimum Gasteiger partial charge on any atom is -0.349 e. The van der Waals surface area contributed by atoms with Gasteiger partial charge in [-0.3, -0.25) is 14.9 Å². The molecular weight excluding hydrogens is 256 g/mol. The van der Waals surface area contributed by atoms with Crippen LogP contribution in [0.3, 0.4) is 0 Å². The molecule has 3 atom stereocenters. The minimum atomic E-state index is -0.484. The molecule has 0 spiro atoms. The standard InChI is InChI=1S/C15H20N2O3/c1-10-5-3-8-14(11(10)2)16-15(18)12-6-4-7-13(9-12)17(19)20/h4,6-7,9-11,14H,3,5,8H2,1-2H3,(H,16,18)/t10-,11-,14-/m1/s1. The van der Waals surface area contributed by atoms with Crippen LogP contribution in [0.5, 0.6) is 0 Å². The van der Waals surface area contributed by atoms with Crippen molar-refractivity contribution in [1.29, 1.82) is 0 Å². The summed E-state index contributed by atoms with van der Waals surface area (Å²) < 4.78 is 0. The van der Waals surface area contributed by atoms with Crippen LogP contribution in [0.25, 0.3) is 0 Å². The largest absolute Gasteiger partial charge is 0.349 e. The normalized spacial score (nSPS) is 26.0. The third-order valence-corrected chi connectivity index (χ3v) is 4.34. The molecule has 20 heavy (non-hydrogen) atoms. The van der Waals surface area contributed by atoms with Gasteiger partial charge in [-0.1, -0.05) is 32.8 Å². The smallest absolute Gasteiger partial charge is 0.270 e. The number of nitrogens with one attached hydrogen (secondary N) is 1. The summed E-state index contributed by atoms with van der Waals surface area (Å²) in [4.78, 5) is 22.5. The fourth-order valence-electron chi connectivity index (χ4n) is 2.80. The van der Waals surface area contributed by atoms with Crippen LogP contribution in [-0.4, -0.2) is 16.9 Å². The van der Waals surface area contributed by atoms with Crippen molar-refractivity contribution >= 4 is 11.6 Å². The highest BCUT2D eigenvalue weighted by atomic mass is 16.6. The minimum absolute atomic E-state index is 0.0530. The molecule has 1 fully saturated rings. The topological polar surface area (TPSA) is 72.2 Å². The van der Waals surface area contributed by atoms with E-state index in [9.17, 15) is 14.9 Å². The fourth-order valence-corrected chi connectivity index (χ4v) is 2.80. The highest BCUT2D eigenvalue weighted by Gasteiger charge is 2.28. The highest BCUT2D eigenvalue weighted by Crippen LogP contribution is 2.29. The Morgan fingerprint density at radius 3 is 2.80 bits per heavy atom. The van der Waals surface area contributed by atoms with Gasteiger partial charge in [0.1, 0.15) is 0 Å². The van der Waals surface area contributed by atoms with Gasteiger partial charge in [-0.2, -0.15) is 0 Å². The second-order valence-electron chi connectivity index (χ2n) is 5.65. The molecule has 0 bridgehead atoms. The number of nitro benzene ring substituents is 1. The molecule has 2 rings (SSSR count). The van der Waals surface area contributed by atoms with Gasteiger partial charge in [-0.15, -0.1) is 0 Å². The molecule has 0 radical (unpaired) electrons. The first-order valence-electron chi connectivity index (χ1n) is 7.04. The lowest BCUT2D eigenvalue weighted by Crippen LogP contribution is -2.43. The zero-order valence-electron chi connectivity index (χ0n) is 11.8. The number of benzene rings is 1. The lowest BCUT2D eigenvalue weighted by Gasteiger charge is -2.34. The molecule has 1 aromatic carbocycles. The number of hydrogen-bond acceptors (Lipinski definition) is 3. The molecule has 5 nitrogen and oxygen atoms in total. The Labute approximate surface area is 118 Å². The predicted octanol–water partition coefficient (Wildman–Crippen LogP) is 3.15. The van der Waals surface area contributed by atoms with E-state index in [0.717, 1.165) is 12.8 Å². The van der Waals surface area contributed by atoms with Crippen molar-refractivity contribution in [3.05, 3.63) is 39.9 Å². The number of non-ortho nitro benzene ring substituents is 1. The van der Waals surface area contributed by atoms with Crippen molar-refractivity contribution in [2.75, 3.05) is 0 Å². The third-order valence-electron chi connectivity index (χ3n) is 4.34. The van der Waals surface area contributed by atoms with Gasteiger partial charge in [0.25, 0.3) is 11.6 Å². The van der Waals surface area contributed by atoms with E-state index in [4.69, 9.17) is 0 Å². The number of rotatable bonds is 3. The first-order valence-corrected chi connectivity index (χ1v) is 7.04. The van der Waals surface area contributed by atoms with E-state index in [2.05, 4.69) is 19.2 Å². The zero-order valence-corrected chi connectivity index (χ0v) is 11.8. The molecule has 1 amide bonds. The van der Waals surface area contributed by atoms with Crippen LogP contribution in [-0.2, 0) is 0 Å². The zero-order chi connectivity index (χ0) is 14.7. The Morgan fingerprint density at radius 1 is 1.35 bits per heavy atom. The van der Waals surface area contributed by atoms with E-state index in [-0.39, 0.29) is 17.6 Å². The highest BCUT2D eigenvalue weighted by molar-refractivity contribution is 5.95. The Morgan fingerprint density at radius 2 is 2.10 bits per heavy atom. The summed E-state index contributed by atoms with van der Waals surface area (Å²) in [6, 6.07) is 6.03. The predicted molar refractivity (Wildman–Crippen MR) is 76.5 cm³/mol. The van der Waals surface area contributed by atoms with Gasteiger partial charge < -0.3 is 5.32 Å². The van der Waals surface area contributed by atoms with E-state index < -0.39 is 4.92 Å². The number of amides is 1. The molecule has 0 unspecified atom stereocenters. The summed E-state index contributed by atoms with van der Waals surface area (Å²) in [6.45, 7) is 4.36. The van der Waals surface area contributed by atoms with Crippen molar-refractivity contribution in [2.24, 2.45) is 11.8 Å². The Hall–Kier alpha value is -1.91. The molecule has 1 aromatic rings. The Balaban J connectivity index is 2.08. The lowest BCUT2D eigenvalue weighted by atomic mass is 9.78. The summed E-state index contributed by atoms with van der Waals surface area (Å²) in [5.41, 5.74) is 0.298. The van der Waals surface area contributed by atoms with Gasteiger partial charge >= 0.3 is 0 Å². The van der Waals surface area contributed by atoms with Crippen molar-refractivity contribution in [3.63, 3.8) is 0 Å². The van der Waals surface area contributed by atoms with Crippen molar-refractivity contribution in [1.82, 2.24) is 5.32 Å². The van der Waals surface area contributed by atoms with E-state index >= 15 is 0 Å². The maximum Gasteiger partial charge on any atom is 0.270 e. The Kier molecular flexibility index (Phi) is 4.37. The average Bonchev–Trinajstić information content (AvgIpc) is 2.44. The number of carbonyl (C=O) groups excluding carboxylic acids is 1. The second kappa shape index (κ2) is 6.03. The van der Waals surface area contributed by atoms with Crippen LogP contribution in [0.1, 0.15) is 43.5 Å². The summed E-state index contributed by atoms with van der Waals surface area (Å²) in [6.07, 6.45) is 3.29.